The van der Waals surface area contributed by atoms with Gasteiger partial charge in [0.25, 0.3) is 0 Å². The van der Waals surface area contributed by atoms with Crippen molar-refractivity contribution in [1.29, 1.82) is 0 Å². The molecule has 0 aliphatic rings. The Balaban J connectivity index is 2.63. The molecular formula is C10H8ClN3S. The summed E-state index contributed by atoms with van der Waals surface area (Å²) >= 11 is 10.9. The Morgan fingerprint density at radius 1 is 1.47 bits per heavy atom. The zero-order valence-corrected chi connectivity index (χ0v) is 9.29. The molecule has 1 aromatic heterocycles. The van der Waals surface area contributed by atoms with Gasteiger partial charge in [-0.25, -0.2) is 4.98 Å². The van der Waals surface area contributed by atoms with Crippen molar-refractivity contribution >= 4 is 28.8 Å². The fourth-order valence-electron chi connectivity index (χ4n) is 1.33. The zero-order valence-electron chi connectivity index (χ0n) is 7.72. The number of benzene rings is 1. The molecule has 2 aromatic rings. The Hall–Kier alpha value is -1.39. The van der Waals surface area contributed by atoms with Crippen LogP contribution < -0.4 is 5.73 Å². The van der Waals surface area contributed by atoms with Crippen LogP contribution >= 0.6 is 23.8 Å². The van der Waals surface area contributed by atoms with Crippen LogP contribution in [0.2, 0.25) is 5.02 Å². The van der Waals surface area contributed by atoms with Crippen molar-refractivity contribution in [2.24, 2.45) is 5.73 Å². The summed E-state index contributed by atoms with van der Waals surface area (Å²) in [7, 11) is 0. The normalized spacial score (nSPS) is 10.2. The third kappa shape index (κ3) is 2.00. The van der Waals surface area contributed by atoms with Crippen molar-refractivity contribution in [2.75, 3.05) is 0 Å². The topological polar surface area (TPSA) is 43.8 Å². The van der Waals surface area contributed by atoms with E-state index in [0.29, 0.717) is 10.0 Å². The van der Waals surface area contributed by atoms with Gasteiger partial charge in [0.05, 0.1) is 12.0 Å². The fourth-order valence-corrected chi connectivity index (χ4v) is 1.67. The first-order valence-electron chi connectivity index (χ1n) is 4.26. The van der Waals surface area contributed by atoms with Gasteiger partial charge in [-0.3, -0.25) is 0 Å². The number of rotatable bonds is 2. The summed E-state index contributed by atoms with van der Waals surface area (Å²) in [5.41, 5.74) is 7.25. The van der Waals surface area contributed by atoms with Crippen molar-refractivity contribution in [3.05, 3.63) is 47.5 Å². The molecule has 0 aliphatic heterocycles. The quantitative estimate of drug-likeness (QED) is 0.815. The molecule has 3 nitrogen and oxygen atoms in total. The van der Waals surface area contributed by atoms with E-state index in [1.165, 1.54) is 0 Å². The van der Waals surface area contributed by atoms with Gasteiger partial charge in [-0.2, -0.15) is 0 Å². The van der Waals surface area contributed by atoms with Crippen molar-refractivity contribution in [3.8, 4) is 5.69 Å². The summed E-state index contributed by atoms with van der Waals surface area (Å²) in [6, 6.07) is 5.37. The van der Waals surface area contributed by atoms with Crippen LogP contribution in [-0.2, 0) is 0 Å². The molecule has 0 amide bonds. The van der Waals surface area contributed by atoms with Crippen molar-refractivity contribution in [2.45, 2.75) is 0 Å². The van der Waals surface area contributed by atoms with Crippen LogP contribution in [0.15, 0.2) is 36.9 Å². The third-order valence-electron chi connectivity index (χ3n) is 2.01. The Bertz CT molecular complexity index is 493. The second kappa shape index (κ2) is 4.00. The lowest BCUT2D eigenvalue weighted by Gasteiger charge is -2.08. The molecule has 0 saturated carbocycles. The average Bonchev–Trinajstić information content (AvgIpc) is 2.69. The number of thiocarbonyl (C=S) groups is 1. The Morgan fingerprint density at radius 2 is 2.27 bits per heavy atom. The maximum atomic E-state index is 5.92. The standard InChI is InChI=1S/C10H8ClN3S/c11-7-1-2-8(10(12)15)9(5-7)14-4-3-13-6-14/h1-6H,(H2,12,15). The van der Waals surface area contributed by atoms with E-state index in [2.05, 4.69) is 4.98 Å². The smallest absolute Gasteiger partial charge is 0.106 e. The first-order chi connectivity index (χ1) is 7.18. The molecule has 2 N–H and O–H groups in total. The lowest BCUT2D eigenvalue weighted by molar-refractivity contribution is 1.05. The van der Waals surface area contributed by atoms with E-state index >= 15 is 0 Å². The van der Waals surface area contributed by atoms with E-state index in [4.69, 9.17) is 29.6 Å². The first kappa shape index (κ1) is 10.1. The van der Waals surface area contributed by atoms with Crippen LogP contribution in [0.3, 0.4) is 0 Å². The third-order valence-corrected chi connectivity index (χ3v) is 2.46. The van der Waals surface area contributed by atoms with Gasteiger partial charge in [0, 0.05) is 23.0 Å². The average molecular weight is 238 g/mol. The van der Waals surface area contributed by atoms with Gasteiger partial charge in [-0.05, 0) is 18.2 Å². The van der Waals surface area contributed by atoms with Crippen LogP contribution in [0.1, 0.15) is 5.56 Å². The number of aromatic nitrogens is 2. The number of halogens is 1. The van der Waals surface area contributed by atoms with Gasteiger partial charge in [0.15, 0.2) is 0 Å². The Kier molecular flexibility index (Phi) is 2.70. The summed E-state index contributed by atoms with van der Waals surface area (Å²) in [6.45, 7) is 0. The molecule has 0 unspecified atom stereocenters. The second-order valence-electron chi connectivity index (χ2n) is 3.00. The minimum absolute atomic E-state index is 0.343. The van der Waals surface area contributed by atoms with E-state index in [1.807, 2.05) is 10.8 Å². The molecule has 0 aliphatic carbocycles. The molecule has 0 bridgehead atoms. The zero-order chi connectivity index (χ0) is 10.8. The summed E-state index contributed by atoms with van der Waals surface area (Å²) in [6.07, 6.45) is 5.17. The van der Waals surface area contributed by atoms with Crippen LogP contribution in [-0.4, -0.2) is 14.5 Å². The fraction of sp³-hybridized carbons (Fsp3) is 0. The number of hydrogen-bond donors (Lipinski definition) is 1. The highest BCUT2D eigenvalue weighted by molar-refractivity contribution is 7.80. The van der Waals surface area contributed by atoms with Gasteiger partial charge in [-0.1, -0.05) is 23.8 Å². The van der Waals surface area contributed by atoms with Crippen LogP contribution in [0.25, 0.3) is 5.69 Å². The molecule has 0 fully saturated rings. The van der Waals surface area contributed by atoms with Crippen molar-refractivity contribution in [1.82, 2.24) is 9.55 Å². The summed E-state index contributed by atoms with van der Waals surface area (Å²) in [5.74, 6) is 0. The number of imidazole rings is 1. The SMILES string of the molecule is NC(=S)c1ccc(Cl)cc1-n1ccnc1. The molecule has 1 heterocycles. The molecule has 0 saturated heterocycles. The molecule has 5 heteroatoms. The maximum absolute atomic E-state index is 5.92. The molecule has 2 rings (SSSR count). The monoisotopic (exact) mass is 237 g/mol. The van der Waals surface area contributed by atoms with Gasteiger partial charge in [0.2, 0.25) is 0 Å². The number of nitrogens with zero attached hydrogens (tertiary/aromatic N) is 2. The highest BCUT2D eigenvalue weighted by Gasteiger charge is 2.07. The van der Waals surface area contributed by atoms with E-state index in [0.717, 1.165) is 11.3 Å². The number of hydrogen-bond acceptors (Lipinski definition) is 2. The highest BCUT2D eigenvalue weighted by atomic mass is 35.5. The molecule has 1 aromatic carbocycles. The molecule has 0 radical (unpaired) electrons. The molecule has 76 valence electrons. The van der Waals surface area contributed by atoms with Gasteiger partial charge in [-0.15, -0.1) is 0 Å². The van der Waals surface area contributed by atoms with Gasteiger partial charge >= 0.3 is 0 Å². The van der Waals surface area contributed by atoms with Crippen LogP contribution in [0.4, 0.5) is 0 Å². The molecule has 0 spiro atoms. The van der Waals surface area contributed by atoms with E-state index < -0.39 is 0 Å². The van der Waals surface area contributed by atoms with E-state index in [9.17, 15) is 0 Å². The highest BCUT2D eigenvalue weighted by Crippen LogP contribution is 2.19. The molecule has 15 heavy (non-hydrogen) atoms. The summed E-state index contributed by atoms with van der Waals surface area (Å²) in [5, 5.41) is 0.638. The van der Waals surface area contributed by atoms with Crippen molar-refractivity contribution < 1.29 is 0 Å². The van der Waals surface area contributed by atoms with Crippen molar-refractivity contribution in [3.63, 3.8) is 0 Å². The first-order valence-corrected chi connectivity index (χ1v) is 5.05. The Labute approximate surface area is 97.5 Å². The molecular weight excluding hydrogens is 230 g/mol. The minimum atomic E-state index is 0.343. The summed E-state index contributed by atoms with van der Waals surface area (Å²) < 4.78 is 1.82. The van der Waals surface area contributed by atoms with E-state index in [1.54, 1.807) is 30.7 Å². The predicted octanol–water partition coefficient (Wildman–Crippen LogP) is 2.16. The second-order valence-corrected chi connectivity index (χ2v) is 3.87. The lowest BCUT2D eigenvalue weighted by Crippen LogP contribution is -2.12. The largest absolute Gasteiger partial charge is 0.389 e. The van der Waals surface area contributed by atoms with E-state index in [-0.39, 0.29) is 0 Å². The van der Waals surface area contributed by atoms with Crippen LogP contribution in [0.5, 0.6) is 0 Å². The Morgan fingerprint density at radius 3 is 2.87 bits per heavy atom. The maximum Gasteiger partial charge on any atom is 0.106 e. The van der Waals surface area contributed by atoms with Gasteiger partial charge < -0.3 is 10.3 Å². The molecule has 0 atom stereocenters. The van der Waals surface area contributed by atoms with Crippen LogP contribution in [0, 0.1) is 0 Å². The lowest BCUT2D eigenvalue weighted by atomic mass is 10.2. The minimum Gasteiger partial charge on any atom is -0.389 e. The predicted molar refractivity (Wildman–Crippen MR) is 64.5 cm³/mol. The van der Waals surface area contributed by atoms with Gasteiger partial charge in [0.1, 0.15) is 4.99 Å². The summed E-state index contributed by atoms with van der Waals surface area (Å²) in [4.78, 5) is 4.31. The number of nitrogens with two attached hydrogens (primary N) is 1.